The van der Waals surface area contributed by atoms with Crippen LogP contribution in [0.5, 0.6) is 5.75 Å². The van der Waals surface area contributed by atoms with Crippen molar-refractivity contribution in [3.63, 3.8) is 0 Å². The molecule has 7 heteroatoms. The first-order chi connectivity index (χ1) is 6.91. The van der Waals surface area contributed by atoms with Gasteiger partial charge in [0.2, 0.25) is 0 Å². The SMILES string of the molecule is CC(=O)Oc1c(C(=O)O)cc(Cl)nc1Cl. The Morgan fingerprint density at radius 1 is 1.47 bits per heavy atom. The summed E-state index contributed by atoms with van der Waals surface area (Å²) in [6.45, 7) is 1.12. The maximum absolute atomic E-state index is 10.8. The molecule has 0 aromatic carbocycles. The first-order valence-electron chi connectivity index (χ1n) is 3.69. The van der Waals surface area contributed by atoms with Crippen molar-refractivity contribution in [1.82, 2.24) is 4.98 Å². The number of aromatic carboxylic acids is 1. The second-order valence-corrected chi connectivity index (χ2v) is 3.26. The first kappa shape index (κ1) is 11.7. The van der Waals surface area contributed by atoms with Crippen LogP contribution in [0.15, 0.2) is 6.07 Å². The third-order valence-corrected chi connectivity index (χ3v) is 1.83. The van der Waals surface area contributed by atoms with Crippen LogP contribution in [0.3, 0.4) is 0 Å². The molecule has 1 aromatic heterocycles. The predicted molar refractivity (Wildman–Crippen MR) is 52.5 cm³/mol. The third-order valence-electron chi connectivity index (χ3n) is 1.38. The van der Waals surface area contributed by atoms with Crippen LogP contribution in [0, 0.1) is 0 Å². The van der Waals surface area contributed by atoms with E-state index in [0.29, 0.717) is 0 Å². The van der Waals surface area contributed by atoms with Gasteiger partial charge < -0.3 is 9.84 Å². The topological polar surface area (TPSA) is 76.5 Å². The Morgan fingerprint density at radius 2 is 2.07 bits per heavy atom. The highest BCUT2D eigenvalue weighted by atomic mass is 35.5. The van der Waals surface area contributed by atoms with E-state index >= 15 is 0 Å². The van der Waals surface area contributed by atoms with Crippen molar-refractivity contribution in [1.29, 1.82) is 0 Å². The Labute approximate surface area is 94.6 Å². The van der Waals surface area contributed by atoms with Crippen LogP contribution in [-0.4, -0.2) is 22.0 Å². The van der Waals surface area contributed by atoms with Gasteiger partial charge in [0.25, 0.3) is 0 Å². The van der Waals surface area contributed by atoms with Gasteiger partial charge in [-0.1, -0.05) is 23.2 Å². The number of ether oxygens (including phenoxy) is 1. The number of hydrogen-bond donors (Lipinski definition) is 1. The van der Waals surface area contributed by atoms with Crippen molar-refractivity contribution in [3.8, 4) is 5.75 Å². The molecule has 1 heterocycles. The van der Waals surface area contributed by atoms with Gasteiger partial charge in [-0.05, 0) is 6.07 Å². The molecular formula is C8H5Cl2NO4. The predicted octanol–water partition coefficient (Wildman–Crippen LogP) is 2.01. The van der Waals surface area contributed by atoms with E-state index in [9.17, 15) is 9.59 Å². The van der Waals surface area contributed by atoms with E-state index < -0.39 is 11.9 Å². The van der Waals surface area contributed by atoms with E-state index in [1.165, 1.54) is 0 Å². The summed E-state index contributed by atoms with van der Waals surface area (Å²) in [6, 6.07) is 1.05. The zero-order valence-electron chi connectivity index (χ0n) is 7.45. The number of carboxylic acids is 1. The molecule has 0 saturated carbocycles. The van der Waals surface area contributed by atoms with Crippen LogP contribution in [0.2, 0.25) is 10.3 Å². The van der Waals surface area contributed by atoms with Crippen molar-refractivity contribution < 1.29 is 19.4 Å². The van der Waals surface area contributed by atoms with Crippen molar-refractivity contribution in [2.75, 3.05) is 0 Å². The molecule has 0 atom stereocenters. The van der Waals surface area contributed by atoms with Crippen LogP contribution >= 0.6 is 23.2 Å². The fraction of sp³-hybridized carbons (Fsp3) is 0.125. The highest BCUT2D eigenvalue weighted by molar-refractivity contribution is 6.34. The lowest BCUT2D eigenvalue weighted by Gasteiger charge is -2.06. The molecule has 0 aliphatic heterocycles. The Balaban J connectivity index is 3.33. The van der Waals surface area contributed by atoms with Crippen molar-refractivity contribution in [2.24, 2.45) is 0 Å². The molecular weight excluding hydrogens is 245 g/mol. The molecule has 0 unspecified atom stereocenters. The number of aromatic nitrogens is 1. The van der Waals surface area contributed by atoms with Crippen LogP contribution in [0.1, 0.15) is 17.3 Å². The lowest BCUT2D eigenvalue weighted by atomic mass is 10.2. The summed E-state index contributed by atoms with van der Waals surface area (Å²) in [6.07, 6.45) is 0. The van der Waals surface area contributed by atoms with E-state index in [4.69, 9.17) is 28.3 Å². The third kappa shape index (κ3) is 2.81. The molecule has 1 aromatic rings. The molecule has 5 nitrogen and oxygen atoms in total. The highest BCUT2D eigenvalue weighted by Crippen LogP contribution is 2.29. The number of carbonyl (C=O) groups is 2. The summed E-state index contributed by atoms with van der Waals surface area (Å²) >= 11 is 11.1. The second-order valence-electron chi connectivity index (χ2n) is 2.51. The summed E-state index contributed by atoms with van der Waals surface area (Å²) < 4.78 is 4.62. The minimum atomic E-state index is -1.31. The summed E-state index contributed by atoms with van der Waals surface area (Å²) in [7, 11) is 0. The largest absolute Gasteiger partial charge is 0.478 e. The van der Waals surface area contributed by atoms with Gasteiger partial charge in [0.15, 0.2) is 10.9 Å². The molecule has 15 heavy (non-hydrogen) atoms. The molecule has 0 aliphatic rings. The molecule has 0 amide bonds. The Kier molecular flexibility index (Phi) is 3.49. The fourth-order valence-electron chi connectivity index (χ4n) is 0.872. The van der Waals surface area contributed by atoms with Crippen molar-refractivity contribution in [3.05, 3.63) is 21.9 Å². The van der Waals surface area contributed by atoms with E-state index in [0.717, 1.165) is 13.0 Å². The van der Waals surface area contributed by atoms with Gasteiger partial charge >= 0.3 is 11.9 Å². The van der Waals surface area contributed by atoms with Crippen LogP contribution in [0.25, 0.3) is 0 Å². The average Bonchev–Trinajstić information content (AvgIpc) is 2.08. The fourth-order valence-corrected chi connectivity index (χ4v) is 1.34. The number of carboxylic acid groups (broad SMARTS) is 1. The maximum atomic E-state index is 10.8. The molecule has 1 N–H and O–H groups in total. The molecule has 0 bridgehead atoms. The molecule has 0 radical (unpaired) electrons. The number of hydrogen-bond acceptors (Lipinski definition) is 4. The first-order valence-corrected chi connectivity index (χ1v) is 4.45. The number of esters is 1. The van der Waals surface area contributed by atoms with Gasteiger partial charge in [0.05, 0.1) is 0 Å². The molecule has 0 fully saturated rings. The summed E-state index contributed by atoms with van der Waals surface area (Å²) in [5, 5.41) is 8.43. The van der Waals surface area contributed by atoms with Crippen molar-refractivity contribution in [2.45, 2.75) is 6.92 Å². The maximum Gasteiger partial charge on any atom is 0.339 e. The monoisotopic (exact) mass is 249 g/mol. The Hall–Kier alpha value is -1.33. The summed E-state index contributed by atoms with van der Waals surface area (Å²) in [5.41, 5.74) is -0.310. The lowest BCUT2D eigenvalue weighted by Crippen LogP contribution is -2.08. The second kappa shape index (κ2) is 4.46. The molecule has 0 saturated heterocycles. The standard InChI is InChI=1S/C8H5Cl2NO4/c1-3(12)15-6-4(8(13)14)2-5(9)11-7(6)10/h2H,1H3,(H,13,14). The molecule has 0 spiro atoms. The minimum absolute atomic E-state index is 0.0895. The minimum Gasteiger partial charge on any atom is -0.478 e. The highest BCUT2D eigenvalue weighted by Gasteiger charge is 2.19. The van der Waals surface area contributed by atoms with Gasteiger partial charge in [-0.15, -0.1) is 0 Å². The Bertz CT molecular complexity index is 433. The number of pyridine rings is 1. The normalized spacial score (nSPS) is 9.80. The van der Waals surface area contributed by atoms with Crippen LogP contribution in [0.4, 0.5) is 0 Å². The quantitative estimate of drug-likeness (QED) is 0.641. The summed E-state index contributed by atoms with van der Waals surface area (Å²) in [5.74, 6) is -2.30. The van der Waals surface area contributed by atoms with E-state index in [-0.39, 0.29) is 21.6 Å². The molecule has 80 valence electrons. The molecule has 0 aliphatic carbocycles. The molecule has 1 rings (SSSR count). The van der Waals surface area contributed by atoms with E-state index in [2.05, 4.69) is 9.72 Å². The van der Waals surface area contributed by atoms with Gasteiger partial charge in [0.1, 0.15) is 10.7 Å². The zero-order valence-corrected chi connectivity index (χ0v) is 8.96. The van der Waals surface area contributed by atoms with E-state index in [1.54, 1.807) is 0 Å². The van der Waals surface area contributed by atoms with Gasteiger partial charge in [-0.2, -0.15) is 0 Å². The lowest BCUT2D eigenvalue weighted by molar-refractivity contribution is -0.131. The number of carbonyl (C=O) groups excluding carboxylic acids is 1. The number of halogens is 2. The number of rotatable bonds is 2. The smallest absolute Gasteiger partial charge is 0.339 e. The average molecular weight is 250 g/mol. The van der Waals surface area contributed by atoms with Crippen LogP contribution < -0.4 is 4.74 Å². The van der Waals surface area contributed by atoms with E-state index in [1.807, 2.05) is 0 Å². The van der Waals surface area contributed by atoms with Gasteiger partial charge in [-0.25, -0.2) is 9.78 Å². The van der Waals surface area contributed by atoms with Gasteiger partial charge in [0, 0.05) is 6.92 Å². The summed E-state index contributed by atoms with van der Waals surface area (Å²) in [4.78, 5) is 25.0. The number of nitrogens with zero attached hydrogens (tertiary/aromatic N) is 1. The Morgan fingerprint density at radius 3 is 2.53 bits per heavy atom. The van der Waals surface area contributed by atoms with Crippen LogP contribution in [-0.2, 0) is 4.79 Å². The van der Waals surface area contributed by atoms with Crippen molar-refractivity contribution >= 4 is 35.1 Å². The zero-order chi connectivity index (χ0) is 11.6. The van der Waals surface area contributed by atoms with Gasteiger partial charge in [-0.3, -0.25) is 4.79 Å².